The lowest BCUT2D eigenvalue weighted by Gasteiger charge is -2.21. The Morgan fingerprint density at radius 2 is 1.97 bits per heavy atom. The first-order chi connectivity index (χ1) is 14.0. The van der Waals surface area contributed by atoms with Gasteiger partial charge in [-0.15, -0.1) is 0 Å². The number of hydrogen-bond donors (Lipinski definition) is 3. The fraction of sp³-hybridized carbons (Fsp3) is 0.435. The highest BCUT2D eigenvalue weighted by molar-refractivity contribution is 5.79. The van der Waals surface area contributed by atoms with Gasteiger partial charge >= 0.3 is 0 Å². The van der Waals surface area contributed by atoms with Gasteiger partial charge in [0.1, 0.15) is 5.78 Å². The van der Waals surface area contributed by atoms with Crippen molar-refractivity contribution in [2.75, 3.05) is 13.7 Å². The molecule has 1 heterocycles. The zero-order chi connectivity index (χ0) is 20.8. The van der Waals surface area contributed by atoms with Crippen molar-refractivity contribution in [2.45, 2.75) is 51.0 Å². The van der Waals surface area contributed by atoms with Gasteiger partial charge in [-0.05, 0) is 61.4 Å². The Labute approximate surface area is 170 Å². The second-order valence-electron chi connectivity index (χ2n) is 7.45. The average Bonchev–Trinajstić information content (AvgIpc) is 2.73. The van der Waals surface area contributed by atoms with Gasteiger partial charge in [-0.25, -0.2) is 0 Å². The molecule has 0 aliphatic carbocycles. The Morgan fingerprint density at radius 1 is 1.17 bits per heavy atom. The molecule has 1 atom stereocenters. The Hall–Kier alpha value is -2.73. The largest absolute Gasteiger partial charge is 0.504 e. The van der Waals surface area contributed by atoms with Crippen LogP contribution in [0.5, 0.6) is 23.0 Å². The van der Waals surface area contributed by atoms with Crippen molar-refractivity contribution < 1.29 is 29.6 Å². The number of ether oxygens (including phenoxy) is 2. The smallest absolute Gasteiger partial charge is 0.164 e. The number of carbonyl (C=O) groups excluding carboxylic acids is 1. The highest BCUT2D eigenvalue weighted by Gasteiger charge is 2.19. The minimum atomic E-state index is -0.709. The molecule has 0 fully saturated rings. The maximum Gasteiger partial charge on any atom is 0.164 e. The fourth-order valence-corrected chi connectivity index (χ4v) is 3.70. The molecule has 0 saturated carbocycles. The van der Waals surface area contributed by atoms with Crippen molar-refractivity contribution in [1.29, 1.82) is 0 Å². The summed E-state index contributed by atoms with van der Waals surface area (Å²) in [6.07, 6.45) is 3.12. The summed E-state index contributed by atoms with van der Waals surface area (Å²) in [5.74, 6) is 1.18. The second kappa shape index (κ2) is 9.65. The van der Waals surface area contributed by atoms with Crippen LogP contribution in [0.2, 0.25) is 0 Å². The molecule has 2 aromatic carbocycles. The van der Waals surface area contributed by atoms with E-state index in [4.69, 9.17) is 9.47 Å². The van der Waals surface area contributed by atoms with Crippen molar-refractivity contribution in [3.63, 3.8) is 0 Å². The van der Waals surface area contributed by atoms with E-state index in [9.17, 15) is 20.1 Å². The number of Topliss-reactive ketones (excluding diaryl/α,β-unsaturated/α-hetero) is 1. The number of ketones is 1. The molecule has 0 aromatic heterocycles. The summed E-state index contributed by atoms with van der Waals surface area (Å²) in [6, 6.07) is 8.55. The quantitative estimate of drug-likeness (QED) is 0.598. The van der Waals surface area contributed by atoms with Crippen LogP contribution in [0.1, 0.15) is 42.4 Å². The van der Waals surface area contributed by atoms with E-state index < -0.39 is 6.10 Å². The number of carbonyl (C=O) groups is 1. The van der Waals surface area contributed by atoms with Crippen LogP contribution in [-0.2, 0) is 24.1 Å². The summed E-state index contributed by atoms with van der Waals surface area (Å²) >= 11 is 0. The van der Waals surface area contributed by atoms with Crippen LogP contribution in [0.25, 0.3) is 0 Å². The van der Waals surface area contributed by atoms with Crippen molar-refractivity contribution in [3.05, 3.63) is 47.0 Å². The van der Waals surface area contributed by atoms with Crippen LogP contribution in [0.15, 0.2) is 30.3 Å². The van der Waals surface area contributed by atoms with Gasteiger partial charge in [-0.2, -0.15) is 0 Å². The molecule has 1 aliphatic rings. The van der Waals surface area contributed by atoms with E-state index in [1.165, 1.54) is 7.11 Å². The summed E-state index contributed by atoms with van der Waals surface area (Å²) in [6.45, 7) is 0.599. The third kappa shape index (κ3) is 5.41. The van der Waals surface area contributed by atoms with Crippen LogP contribution in [0.3, 0.4) is 0 Å². The molecule has 0 spiro atoms. The molecule has 1 unspecified atom stereocenters. The normalized spacial score (nSPS) is 14.0. The first-order valence-corrected chi connectivity index (χ1v) is 10.00. The summed E-state index contributed by atoms with van der Waals surface area (Å²) in [7, 11) is 1.49. The van der Waals surface area contributed by atoms with Gasteiger partial charge in [0, 0.05) is 18.4 Å². The third-order valence-electron chi connectivity index (χ3n) is 5.30. The Balaban J connectivity index is 1.48. The van der Waals surface area contributed by atoms with Crippen molar-refractivity contribution >= 4 is 5.78 Å². The van der Waals surface area contributed by atoms with Gasteiger partial charge in [0.2, 0.25) is 0 Å². The number of aliphatic hydroxyl groups excluding tert-OH is 1. The lowest BCUT2D eigenvalue weighted by atomic mass is 9.94. The number of hydrogen-bond acceptors (Lipinski definition) is 6. The van der Waals surface area contributed by atoms with Crippen LogP contribution in [-0.4, -0.2) is 40.9 Å². The molecule has 156 valence electrons. The fourth-order valence-electron chi connectivity index (χ4n) is 3.70. The third-order valence-corrected chi connectivity index (χ3v) is 5.30. The molecule has 6 nitrogen and oxygen atoms in total. The Kier molecular flexibility index (Phi) is 6.99. The summed E-state index contributed by atoms with van der Waals surface area (Å²) in [4.78, 5) is 12.3. The van der Waals surface area contributed by atoms with Crippen LogP contribution >= 0.6 is 0 Å². The molecule has 29 heavy (non-hydrogen) atoms. The average molecular weight is 400 g/mol. The number of fused-ring (bicyclic) bond motifs is 1. The number of phenolic OH excluding ortho intramolecular Hbond substituents is 2. The van der Waals surface area contributed by atoms with Gasteiger partial charge in [-0.1, -0.05) is 12.1 Å². The first-order valence-electron chi connectivity index (χ1n) is 10.00. The van der Waals surface area contributed by atoms with Gasteiger partial charge in [0.05, 0.1) is 19.8 Å². The van der Waals surface area contributed by atoms with Gasteiger partial charge in [0.15, 0.2) is 23.0 Å². The van der Waals surface area contributed by atoms with Crippen LogP contribution < -0.4 is 9.47 Å². The van der Waals surface area contributed by atoms with E-state index in [0.717, 1.165) is 29.5 Å². The molecule has 3 N–H and O–H groups in total. The number of aryl methyl sites for hydroxylation is 2. The highest BCUT2D eigenvalue weighted by atomic mass is 16.5. The second-order valence-corrected chi connectivity index (χ2v) is 7.45. The molecular weight excluding hydrogens is 372 g/mol. The zero-order valence-electron chi connectivity index (χ0n) is 16.7. The summed E-state index contributed by atoms with van der Waals surface area (Å²) in [5, 5.41) is 29.8. The number of phenols is 2. The minimum Gasteiger partial charge on any atom is -0.504 e. The van der Waals surface area contributed by atoms with Crippen molar-refractivity contribution in [2.24, 2.45) is 0 Å². The number of aliphatic hydroxyl groups is 1. The van der Waals surface area contributed by atoms with Crippen LogP contribution in [0, 0.1) is 0 Å². The molecule has 0 bridgehead atoms. The Morgan fingerprint density at radius 3 is 2.76 bits per heavy atom. The maximum absolute atomic E-state index is 12.3. The molecule has 0 saturated heterocycles. The standard InChI is InChI=1S/C23H28O6/c1-28-22-13-15(5-10-20(22)26)4-8-17(24)14-18(25)9-6-16-7-11-21(27)23-19(16)3-2-12-29-23/h5,7,10-11,13,17,24,26-27H,2-4,6,8-9,12,14H2,1H3. The van der Waals surface area contributed by atoms with E-state index in [0.29, 0.717) is 43.8 Å². The van der Waals surface area contributed by atoms with Crippen molar-refractivity contribution in [3.8, 4) is 23.0 Å². The van der Waals surface area contributed by atoms with E-state index >= 15 is 0 Å². The topological polar surface area (TPSA) is 96.2 Å². The van der Waals surface area contributed by atoms with E-state index in [1.54, 1.807) is 24.3 Å². The molecule has 1 aliphatic heterocycles. The first kappa shape index (κ1) is 21.0. The molecule has 6 heteroatoms. The predicted molar refractivity (Wildman–Crippen MR) is 109 cm³/mol. The monoisotopic (exact) mass is 400 g/mol. The summed E-state index contributed by atoms with van der Waals surface area (Å²) < 4.78 is 10.7. The van der Waals surface area contributed by atoms with Crippen molar-refractivity contribution in [1.82, 2.24) is 0 Å². The van der Waals surface area contributed by atoms with E-state index in [-0.39, 0.29) is 23.7 Å². The molecule has 3 rings (SSSR count). The predicted octanol–water partition coefficient (Wildman–Crippen LogP) is 3.32. The molecular formula is C23H28O6. The van der Waals surface area contributed by atoms with Gasteiger partial charge in [0.25, 0.3) is 0 Å². The molecule has 2 aromatic rings. The van der Waals surface area contributed by atoms with Crippen LogP contribution in [0.4, 0.5) is 0 Å². The number of rotatable bonds is 9. The number of aromatic hydroxyl groups is 2. The maximum atomic E-state index is 12.3. The minimum absolute atomic E-state index is 0.0133. The van der Waals surface area contributed by atoms with Gasteiger partial charge in [-0.3, -0.25) is 4.79 Å². The Bertz CT molecular complexity index is 861. The zero-order valence-corrected chi connectivity index (χ0v) is 16.7. The van der Waals surface area contributed by atoms with E-state index in [2.05, 4.69) is 0 Å². The lowest BCUT2D eigenvalue weighted by Crippen LogP contribution is -2.16. The molecule has 0 amide bonds. The van der Waals surface area contributed by atoms with Gasteiger partial charge < -0.3 is 24.8 Å². The molecule has 0 radical (unpaired) electrons. The van der Waals surface area contributed by atoms with E-state index in [1.807, 2.05) is 6.07 Å². The lowest BCUT2D eigenvalue weighted by molar-refractivity contribution is -0.121. The SMILES string of the molecule is COc1cc(CCC(O)CC(=O)CCc2ccc(O)c3c2CCCO3)ccc1O. The number of methoxy groups -OCH3 is 1. The number of benzene rings is 2. The highest BCUT2D eigenvalue weighted by Crippen LogP contribution is 2.36. The summed E-state index contributed by atoms with van der Waals surface area (Å²) in [5.41, 5.74) is 2.95.